The molecule has 0 aromatic heterocycles. The van der Waals surface area contributed by atoms with Gasteiger partial charge >= 0.3 is 0 Å². The number of carbonyl (C=O) groups excluding carboxylic acids is 1. The van der Waals surface area contributed by atoms with Crippen LogP contribution in [0.5, 0.6) is 0 Å². The molecule has 1 fully saturated rings. The first kappa shape index (κ1) is 14.2. The van der Waals surface area contributed by atoms with Crippen molar-refractivity contribution in [2.45, 2.75) is 45.1 Å². The van der Waals surface area contributed by atoms with Crippen LogP contribution < -0.4 is 10.6 Å². The van der Waals surface area contributed by atoms with Gasteiger partial charge in [-0.15, -0.1) is 0 Å². The molecule has 1 atom stereocenters. The maximum atomic E-state index is 12.7. The van der Waals surface area contributed by atoms with E-state index in [1.54, 1.807) is 0 Å². The summed E-state index contributed by atoms with van der Waals surface area (Å²) in [5.74, 6) is 0.262. The molecule has 4 heteroatoms. The van der Waals surface area contributed by atoms with Crippen LogP contribution in [0.25, 0.3) is 0 Å². The van der Waals surface area contributed by atoms with Crippen molar-refractivity contribution in [3.05, 3.63) is 23.8 Å². The fraction of sp³-hybridized carbons (Fsp3) is 0.588. The molecule has 3 rings (SSSR count). The average Bonchev–Trinajstić information content (AvgIpc) is 2.91. The average molecular weight is 287 g/mol. The third kappa shape index (κ3) is 2.71. The molecular weight excluding hydrogens is 262 g/mol. The van der Waals surface area contributed by atoms with Crippen LogP contribution in [-0.4, -0.2) is 36.5 Å². The number of nitrogens with two attached hydrogens (primary N) is 1. The molecule has 0 bridgehead atoms. The monoisotopic (exact) mass is 287 g/mol. The zero-order valence-electron chi connectivity index (χ0n) is 12.8. The molecule has 2 aliphatic heterocycles. The van der Waals surface area contributed by atoms with Crippen molar-refractivity contribution in [1.29, 1.82) is 0 Å². The van der Waals surface area contributed by atoms with E-state index < -0.39 is 0 Å². The normalized spacial score (nSPS) is 21.5. The predicted molar refractivity (Wildman–Crippen MR) is 86.4 cm³/mol. The lowest BCUT2D eigenvalue weighted by Crippen LogP contribution is -2.47. The number of nitrogens with zero attached hydrogens (tertiary/aromatic N) is 2. The maximum Gasteiger partial charge on any atom is 0.242 e. The van der Waals surface area contributed by atoms with Gasteiger partial charge in [-0.2, -0.15) is 0 Å². The molecule has 1 saturated heterocycles. The Balaban J connectivity index is 1.72. The molecule has 0 aliphatic carbocycles. The number of likely N-dealkylation sites (tertiary alicyclic amines) is 1. The number of hydrogen-bond donors (Lipinski definition) is 1. The highest BCUT2D eigenvalue weighted by Crippen LogP contribution is 2.33. The summed E-state index contributed by atoms with van der Waals surface area (Å²) in [6.07, 6.45) is 5.60. The maximum absolute atomic E-state index is 12.7. The summed E-state index contributed by atoms with van der Waals surface area (Å²) in [5, 5.41) is 0. The highest BCUT2D eigenvalue weighted by atomic mass is 16.2. The minimum atomic E-state index is 0.262. The van der Waals surface area contributed by atoms with Crippen LogP contribution in [0.3, 0.4) is 0 Å². The lowest BCUT2D eigenvalue weighted by Gasteiger charge is -2.36. The molecule has 1 unspecified atom stereocenters. The molecule has 0 saturated carbocycles. The highest BCUT2D eigenvalue weighted by Gasteiger charge is 2.29. The molecule has 21 heavy (non-hydrogen) atoms. The van der Waals surface area contributed by atoms with Crippen molar-refractivity contribution in [3.63, 3.8) is 0 Å². The van der Waals surface area contributed by atoms with Crippen molar-refractivity contribution in [1.82, 2.24) is 4.90 Å². The Bertz CT molecular complexity index is 529. The summed E-state index contributed by atoms with van der Waals surface area (Å²) in [6.45, 7) is 4.47. The Morgan fingerprint density at radius 2 is 2.19 bits per heavy atom. The van der Waals surface area contributed by atoms with E-state index in [0.717, 1.165) is 50.1 Å². The smallest absolute Gasteiger partial charge is 0.242 e. The molecule has 1 aromatic rings. The molecule has 114 valence electrons. The van der Waals surface area contributed by atoms with Crippen LogP contribution in [0.1, 0.15) is 38.2 Å². The summed E-state index contributed by atoms with van der Waals surface area (Å²) in [7, 11) is 0. The quantitative estimate of drug-likeness (QED) is 0.869. The van der Waals surface area contributed by atoms with E-state index in [1.807, 2.05) is 12.1 Å². The van der Waals surface area contributed by atoms with Gasteiger partial charge in [0.25, 0.3) is 0 Å². The molecule has 1 amide bonds. The van der Waals surface area contributed by atoms with Crippen LogP contribution in [-0.2, 0) is 11.2 Å². The Morgan fingerprint density at radius 3 is 3.00 bits per heavy atom. The van der Waals surface area contributed by atoms with Gasteiger partial charge in [-0.3, -0.25) is 4.79 Å². The SMILES string of the molecule is CCC1CCCCN1C(=O)CN1CCc2cccc(N)c21. The van der Waals surface area contributed by atoms with Gasteiger partial charge < -0.3 is 15.5 Å². The number of fused-ring (bicyclic) bond motifs is 1. The minimum absolute atomic E-state index is 0.262. The van der Waals surface area contributed by atoms with Gasteiger partial charge in [0.15, 0.2) is 0 Å². The van der Waals surface area contributed by atoms with Crippen molar-refractivity contribution in [2.24, 2.45) is 0 Å². The van der Waals surface area contributed by atoms with Gasteiger partial charge in [0.1, 0.15) is 0 Å². The molecule has 0 spiro atoms. The second kappa shape index (κ2) is 5.96. The summed E-state index contributed by atoms with van der Waals surface area (Å²) >= 11 is 0. The van der Waals surface area contributed by atoms with Gasteiger partial charge in [-0.1, -0.05) is 19.1 Å². The number of rotatable bonds is 3. The highest BCUT2D eigenvalue weighted by molar-refractivity contribution is 5.85. The van der Waals surface area contributed by atoms with Crippen LogP contribution in [0.15, 0.2) is 18.2 Å². The van der Waals surface area contributed by atoms with Crippen LogP contribution in [0.2, 0.25) is 0 Å². The van der Waals surface area contributed by atoms with Gasteiger partial charge in [-0.05, 0) is 43.7 Å². The van der Waals surface area contributed by atoms with Crippen LogP contribution in [0.4, 0.5) is 11.4 Å². The van der Waals surface area contributed by atoms with Crippen LogP contribution in [0, 0.1) is 0 Å². The first-order valence-electron chi connectivity index (χ1n) is 8.12. The largest absolute Gasteiger partial charge is 0.397 e. The molecular formula is C17H25N3O. The molecule has 2 aliphatic rings. The zero-order valence-corrected chi connectivity index (χ0v) is 12.8. The number of benzene rings is 1. The third-order valence-electron chi connectivity index (χ3n) is 4.86. The lowest BCUT2D eigenvalue weighted by molar-refractivity contribution is -0.133. The molecule has 4 nitrogen and oxygen atoms in total. The van der Waals surface area contributed by atoms with Gasteiger partial charge in [0.2, 0.25) is 5.91 Å². The lowest BCUT2D eigenvalue weighted by atomic mass is 10.00. The summed E-state index contributed by atoms with van der Waals surface area (Å²) < 4.78 is 0. The zero-order chi connectivity index (χ0) is 14.8. The fourth-order valence-corrected chi connectivity index (χ4v) is 3.73. The van der Waals surface area contributed by atoms with Gasteiger partial charge in [0.05, 0.1) is 17.9 Å². The Kier molecular flexibility index (Phi) is 4.04. The topological polar surface area (TPSA) is 49.6 Å². The summed E-state index contributed by atoms with van der Waals surface area (Å²) in [5.41, 5.74) is 9.25. The first-order chi connectivity index (χ1) is 10.2. The van der Waals surface area contributed by atoms with E-state index in [1.165, 1.54) is 12.0 Å². The first-order valence-corrected chi connectivity index (χ1v) is 8.12. The summed E-state index contributed by atoms with van der Waals surface area (Å²) in [4.78, 5) is 16.9. The third-order valence-corrected chi connectivity index (χ3v) is 4.86. The number of anilines is 2. The van der Waals surface area contributed by atoms with Crippen LogP contribution >= 0.6 is 0 Å². The Morgan fingerprint density at radius 1 is 1.33 bits per heavy atom. The number of piperidine rings is 1. The van der Waals surface area contributed by atoms with Gasteiger partial charge in [-0.25, -0.2) is 0 Å². The fourth-order valence-electron chi connectivity index (χ4n) is 3.73. The van der Waals surface area contributed by atoms with E-state index >= 15 is 0 Å². The number of hydrogen-bond acceptors (Lipinski definition) is 3. The second-order valence-electron chi connectivity index (χ2n) is 6.17. The van der Waals surface area contributed by atoms with Crippen molar-refractivity contribution >= 4 is 17.3 Å². The molecule has 1 aromatic carbocycles. The second-order valence-corrected chi connectivity index (χ2v) is 6.17. The van der Waals surface area contributed by atoms with E-state index in [9.17, 15) is 4.79 Å². The van der Waals surface area contributed by atoms with E-state index in [0.29, 0.717) is 12.6 Å². The minimum Gasteiger partial charge on any atom is -0.397 e. The number of carbonyl (C=O) groups is 1. The van der Waals surface area contributed by atoms with E-state index in [2.05, 4.69) is 22.8 Å². The van der Waals surface area contributed by atoms with Gasteiger partial charge in [0, 0.05) is 19.1 Å². The molecule has 2 heterocycles. The number of amides is 1. The van der Waals surface area contributed by atoms with Crippen molar-refractivity contribution < 1.29 is 4.79 Å². The summed E-state index contributed by atoms with van der Waals surface area (Å²) in [6, 6.07) is 6.47. The number of nitrogen functional groups attached to an aromatic ring is 1. The molecule has 0 radical (unpaired) electrons. The predicted octanol–water partition coefficient (Wildman–Crippen LogP) is 2.42. The Hall–Kier alpha value is -1.71. The number of para-hydroxylation sites is 1. The Labute approximate surface area is 126 Å². The van der Waals surface area contributed by atoms with Crippen molar-refractivity contribution in [3.8, 4) is 0 Å². The van der Waals surface area contributed by atoms with E-state index in [4.69, 9.17) is 5.73 Å². The van der Waals surface area contributed by atoms with Crippen molar-refractivity contribution in [2.75, 3.05) is 30.3 Å². The standard InChI is InChI=1S/C17H25N3O/c1-2-14-7-3-4-10-20(14)16(21)12-19-11-9-13-6-5-8-15(18)17(13)19/h5-6,8,14H,2-4,7,9-12,18H2,1H3. The molecule has 2 N–H and O–H groups in total. The van der Waals surface area contributed by atoms with E-state index in [-0.39, 0.29) is 5.91 Å².